The first kappa shape index (κ1) is 15.6. The lowest BCUT2D eigenvalue weighted by molar-refractivity contribution is 0.0210. The number of halogens is 1. The molecule has 1 aromatic rings. The molecular weight excluding hydrogens is 274 g/mol. The maximum Gasteiger partial charge on any atom is 0.121 e. The summed E-state index contributed by atoms with van der Waals surface area (Å²) >= 11 is 6.33. The van der Waals surface area contributed by atoms with Crippen molar-refractivity contribution in [3.05, 3.63) is 28.8 Å². The Morgan fingerprint density at radius 3 is 2.70 bits per heavy atom. The molecule has 0 spiro atoms. The van der Waals surface area contributed by atoms with E-state index in [0.29, 0.717) is 6.10 Å². The highest BCUT2D eigenvalue weighted by Crippen LogP contribution is 2.30. The minimum Gasteiger partial charge on any atom is -0.490 e. The molecule has 1 aliphatic carbocycles. The third-order valence-electron chi connectivity index (χ3n) is 4.09. The molecule has 0 saturated heterocycles. The van der Waals surface area contributed by atoms with Crippen LogP contribution in [0.3, 0.4) is 0 Å². The Bertz CT molecular complexity index is 438. The van der Waals surface area contributed by atoms with Crippen molar-refractivity contribution in [1.29, 1.82) is 0 Å². The number of methoxy groups -OCH3 is 1. The van der Waals surface area contributed by atoms with Crippen molar-refractivity contribution in [2.75, 3.05) is 14.2 Å². The van der Waals surface area contributed by atoms with Gasteiger partial charge < -0.3 is 14.8 Å². The molecule has 20 heavy (non-hydrogen) atoms. The van der Waals surface area contributed by atoms with Gasteiger partial charge in [0.15, 0.2) is 0 Å². The van der Waals surface area contributed by atoms with Crippen LogP contribution in [0.25, 0.3) is 0 Å². The van der Waals surface area contributed by atoms with E-state index in [1.54, 1.807) is 7.11 Å². The van der Waals surface area contributed by atoms with Crippen molar-refractivity contribution in [1.82, 2.24) is 5.32 Å². The van der Waals surface area contributed by atoms with Gasteiger partial charge in [-0.05, 0) is 50.9 Å². The normalized spacial score (nSPS) is 24.4. The van der Waals surface area contributed by atoms with Crippen molar-refractivity contribution in [3.8, 4) is 5.75 Å². The summed E-state index contributed by atoms with van der Waals surface area (Å²) < 4.78 is 11.5. The summed E-state index contributed by atoms with van der Waals surface area (Å²) in [5, 5.41) is 3.95. The van der Waals surface area contributed by atoms with E-state index in [0.717, 1.165) is 42.0 Å². The number of benzene rings is 1. The van der Waals surface area contributed by atoms with Gasteiger partial charge in [-0.15, -0.1) is 0 Å². The Kier molecular flexibility index (Phi) is 5.70. The Morgan fingerprint density at radius 2 is 2.05 bits per heavy atom. The van der Waals surface area contributed by atoms with Crippen LogP contribution < -0.4 is 10.1 Å². The van der Waals surface area contributed by atoms with Gasteiger partial charge >= 0.3 is 0 Å². The van der Waals surface area contributed by atoms with Gasteiger partial charge in [-0.3, -0.25) is 0 Å². The van der Waals surface area contributed by atoms with Crippen molar-refractivity contribution in [2.45, 2.75) is 50.9 Å². The van der Waals surface area contributed by atoms with E-state index in [-0.39, 0.29) is 12.1 Å². The lowest BCUT2D eigenvalue weighted by Crippen LogP contribution is -2.29. The summed E-state index contributed by atoms with van der Waals surface area (Å²) in [6.07, 6.45) is 4.90. The molecule has 1 fully saturated rings. The Morgan fingerprint density at radius 1 is 1.30 bits per heavy atom. The average molecular weight is 298 g/mol. The molecule has 0 aliphatic heterocycles. The van der Waals surface area contributed by atoms with Crippen LogP contribution in [0.4, 0.5) is 0 Å². The molecular formula is C16H24ClNO2. The molecule has 0 heterocycles. The quantitative estimate of drug-likeness (QED) is 0.892. The first-order chi connectivity index (χ1) is 9.63. The predicted molar refractivity (Wildman–Crippen MR) is 82.6 cm³/mol. The molecule has 3 atom stereocenters. The monoisotopic (exact) mass is 297 g/mol. The number of ether oxygens (including phenoxy) is 2. The van der Waals surface area contributed by atoms with Gasteiger partial charge in [0.1, 0.15) is 11.9 Å². The largest absolute Gasteiger partial charge is 0.490 e. The fourth-order valence-corrected chi connectivity index (χ4v) is 3.04. The van der Waals surface area contributed by atoms with Crippen LogP contribution in [0, 0.1) is 0 Å². The van der Waals surface area contributed by atoms with Gasteiger partial charge in [0.2, 0.25) is 0 Å². The second kappa shape index (κ2) is 7.30. The smallest absolute Gasteiger partial charge is 0.121 e. The number of nitrogens with one attached hydrogen (secondary N) is 1. The van der Waals surface area contributed by atoms with Gasteiger partial charge in [0.25, 0.3) is 0 Å². The minimum atomic E-state index is 0.234. The minimum absolute atomic E-state index is 0.234. The van der Waals surface area contributed by atoms with Crippen LogP contribution in [-0.4, -0.2) is 26.4 Å². The Hall–Kier alpha value is -0.770. The van der Waals surface area contributed by atoms with Crippen LogP contribution in [0.5, 0.6) is 5.75 Å². The first-order valence-corrected chi connectivity index (χ1v) is 7.68. The molecule has 0 aromatic heterocycles. The van der Waals surface area contributed by atoms with Crippen LogP contribution in [0.15, 0.2) is 18.2 Å². The number of hydrogen-bond donors (Lipinski definition) is 1. The predicted octanol–water partition coefficient (Wildman–Crippen LogP) is 3.96. The van der Waals surface area contributed by atoms with Gasteiger partial charge in [0.05, 0.1) is 6.10 Å². The van der Waals surface area contributed by atoms with E-state index in [9.17, 15) is 0 Å². The molecule has 0 amide bonds. The van der Waals surface area contributed by atoms with Crippen molar-refractivity contribution < 1.29 is 9.47 Å². The van der Waals surface area contributed by atoms with E-state index >= 15 is 0 Å². The molecule has 1 aliphatic rings. The molecule has 0 radical (unpaired) electrons. The molecule has 4 heteroatoms. The molecule has 1 saturated carbocycles. The summed E-state index contributed by atoms with van der Waals surface area (Å²) in [7, 11) is 3.70. The lowest BCUT2D eigenvalue weighted by atomic mass is 9.95. The van der Waals surface area contributed by atoms with Crippen LogP contribution in [-0.2, 0) is 4.74 Å². The fourth-order valence-electron chi connectivity index (χ4n) is 2.70. The second-order valence-electron chi connectivity index (χ2n) is 5.46. The number of hydrogen-bond acceptors (Lipinski definition) is 3. The Labute approximate surface area is 126 Å². The molecule has 3 nitrogen and oxygen atoms in total. The van der Waals surface area contributed by atoms with Crippen molar-refractivity contribution in [2.24, 2.45) is 0 Å². The zero-order valence-electron chi connectivity index (χ0n) is 12.5. The van der Waals surface area contributed by atoms with Crippen LogP contribution in [0.1, 0.15) is 44.2 Å². The SMILES string of the molecule is CNC(C)c1ccc(OC2CCCC(OC)C2)cc1Cl. The van der Waals surface area contributed by atoms with Gasteiger partial charge in [-0.1, -0.05) is 17.7 Å². The highest BCUT2D eigenvalue weighted by molar-refractivity contribution is 6.31. The topological polar surface area (TPSA) is 30.5 Å². The molecule has 2 rings (SSSR count). The zero-order valence-corrected chi connectivity index (χ0v) is 13.2. The fraction of sp³-hybridized carbons (Fsp3) is 0.625. The van der Waals surface area contributed by atoms with E-state index in [1.165, 1.54) is 0 Å². The highest BCUT2D eigenvalue weighted by atomic mass is 35.5. The Balaban J connectivity index is 2.01. The summed E-state index contributed by atoms with van der Waals surface area (Å²) in [6, 6.07) is 6.20. The van der Waals surface area contributed by atoms with Gasteiger partial charge in [-0.25, -0.2) is 0 Å². The van der Waals surface area contributed by atoms with Gasteiger partial charge in [-0.2, -0.15) is 0 Å². The van der Waals surface area contributed by atoms with Crippen LogP contribution in [0.2, 0.25) is 5.02 Å². The molecule has 112 valence electrons. The molecule has 0 bridgehead atoms. The summed E-state index contributed by atoms with van der Waals surface area (Å²) in [6.45, 7) is 2.09. The maximum atomic E-state index is 6.33. The lowest BCUT2D eigenvalue weighted by Gasteiger charge is -2.28. The number of rotatable bonds is 5. The van der Waals surface area contributed by atoms with E-state index in [1.807, 2.05) is 25.2 Å². The highest BCUT2D eigenvalue weighted by Gasteiger charge is 2.23. The second-order valence-corrected chi connectivity index (χ2v) is 5.87. The first-order valence-electron chi connectivity index (χ1n) is 7.30. The standard InChI is InChI=1S/C16H24ClNO2/c1-11(18-2)15-8-7-14(10-16(15)17)20-13-6-4-5-12(9-13)19-3/h7-8,10-13,18H,4-6,9H2,1-3H3. The van der Waals surface area contributed by atoms with Crippen LogP contribution >= 0.6 is 11.6 Å². The zero-order chi connectivity index (χ0) is 14.5. The third-order valence-corrected chi connectivity index (χ3v) is 4.41. The summed E-state index contributed by atoms with van der Waals surface area (Å²) in [5.74, 6) is 0.851. The third kappa shape index (κ3) is 3.87. The van der Waals surface area contributed by atoms with Gasteiger partial charge in [0, 0.05) is 24.6 Å². The van der Waals surface area contributed by atoms with Crippen molar-refractivity contribution in [3.63, 3.8) is 0 Å². The van der Waals surface area contributed by atoms with E-state index in [4.69, 9.17) is 21.1 Å². The van der Waals surface area contributed by atoms with Crippen molar-refractivity contribution >= 4 is 11.6 Å². The summed E-state index contributed by atoms with van der Waals surface area (Å²) in [4.78, 5) is 0. The molecule has 1 aromatic carbocycles. The van der Waals surface area contributed by atoms with E-state index < -0.39 is 0 Å². The summed E-state index contributed by atoms with van der Waals surface area (Å²) in [5.41, 5.74) is 1.10. The average Bonchev–Trinajstić information content (AvgIpc) is 2.47. The maximum absolute atomic E-state index is 6.33. The van der Waals surface area contributed by atoms with E-state index in [2.05, 4.69) is 12.2 Å². The molecule has 3 unspecified atom stereocenters. The molecule has 1 N–H and O–H groups in total.